The third-order valence-electron chi connectivity index (χ3n) is 5.23. The van der Waals surface area contributed by atoms with Crippen LogP contribution in [-0.2, 0) is 9.59 Å². The van der Waals surface area contributed by atoms with E-state index in [4.69, 9.17) is 5.11 Å². The van der Waals surface area contributed by atoms with Crippen LogP contribution in [0.4, 0.5) is 0 Å². The molecule has 0 aliphatic carbocycles. The molecular weight excluding hydrogens is 316 g/mol. The molecule has 25 heavy (non-hydrogen) atoms. The van der Waals surface area contributed by atoms with Crippen LogP contribution in [-0.4, -0.2) is 22.2 Å². The molecule has 0 bridgehead atoms. The highest BCUT2D eigenvalue weighted by atomic mass is 16.4. The zero-order chi connectivity index (χ0) is 19.1. The van der Waals surface area contributed by atoms with Crippen LogP contribution in [0, 0.1) is 17.8 Å². The van der Waals surface area contributed by atoms with Gasteiger partial charge < -0.3 is 10.2 Å². The van der Waals surface area contributed by atoms with Gasteiger partial charge in [-0.2, -0.15) is 0 Å². The van der Waals surface area contributed by atoms with Gasteiger partial charge in [-0.25, -0.2) is 0 Å². The zero-order valence-corrected chi connectivity index (χ0v) is 16.6. The second kappa shape index (κ2) is 15.2. The van der Waals surface area contributed by atoms with E-state index in [1.807, 2.05) is 13.8 Å². The molecule has 0 aromatic rings. The fraction of sp³-hybridized carbons (Fsp3) is 0.905. The quantitative estimate of drug-likeness (QED) is 0.307. The van der Waals surface area contributed by atoms with E-state index in [0.29, 0.717) is 0 Å². The largest absolute Gasteiger partial charge is 0.481 e. The molecule has 0 saturated heterocycles. The highest BCUT2D eigenvalue weighted by molar-refractivity contribution is 5.78. The number of rotatable bonds is 17. The lowest BCUT2D eigenvalue weighted by atomic mass is 9.78. The van der Waals surface area contributed by atoms with Gasteiger partial charge in [0.05, 0.1) is 12.3 Å². The highest BCUT2D eigenvalue weighted by Crippen LogP contribution is 2.30. The fourth-order valence-electron chi connectivity index (χ4n) is 3.65. The number of aliphatic carboxylic acids is 2. The van der Waals surface area contributed by atoms with Gasteiger partial charge >= 0.3 is 11.9 Å². The van der Waals surface area contributed by atoms with Gasteiger partial charge in [0.1, 0.15) is 0 Å². The Morgan fingerprint density at radius 3 is 1.56 bits per heavy atom. The van der Waals surface area contributed by atoms with Crippen LogP contribution in [0.5, 0.6) is 0 Å². The first-order valence-corrected chi connectivity index (χ1v) is 10.3. The van der Waals surface area contributed by atoms with Crippen LogP contribution >= 0.6 is 0 Å². The standard InChI is InChI=1S/C21H40O4/c1-4-5-6-7-8-9-10-11-12-13-14-15-18(17(2)3)19(21(24)25)16-20(22)23/h17-19H,4-16H2,1-3H3,(H,22,23)(H,24,25). The van der Waals surface area contributed by atoms with E-state index in [2.05, 4.69) is 6.92 Å². The Hall–Kier alpha value is -1.06. The number of hydrogen-bond donors (Lipinski definition) is 2. The van der Waals surface area contributed by atoms with Gasteiger partial charge in [0.15, 0.2) is 0 Å². The van der Waals surface area contributed by atoms with Crippen LogP contribution in [0.15, 0.2) is 0 Å². The van der Waals surface area contributed by atoms with E-state index >= 15 is 0 Å². The lowest BCUT2D eigenvalue weighted by molar-refractivity contribution is -0.151. The Morgan fingerprint density at radius 1 is 0.760 bits per heavy atom. The van der Waals surface area contributed by atoms with Crippen LogP contribution in [0.25, 0.3) is 0 Å². The third-order valence-corrected chi connectivity index (χ3v) is 5.23. The van der Waals surface area contributed by atoms with Crippen LogP contribution in [0.1, 0.15) is 104 Å². The summed E-state index contributed by atoms with van der Waals surface area (Å²) >= 11 is 0. The Labute approximate surface area is 154 Å². The molecule has 0 heterocycles. The molecule has 0 radical (unpaired) electrons. The van der Waals surface area contributed by atoms with Gasteiger partial charge in [0, 0.05) is 0 Å². The Balaban J connectivity index is 3.90. The molecule has 4 heteroatoms. The van der Waals surface area contributed by atoms with E-state index in [9.17, 15) is 14.7 Å². The number of unbranched alkanes of at least 4 members (excludes halogenated alkanes) is 10. The van der Waals surface area contributed by atoms with Crippen LogP contribution in [0.3, 0.4) is 0 Å². The summed E-state index contributed by atoms with van der Waals surface area (Å²) in [5, 5.41) is 18.3. The van der Waals surface area contributed by atoms with Crippen molar-refractivity contribution in [1.29, 1.82) is 0 Å². The lowest BCUT2D eigenvalue weighted by Gasteiger charge is -2.26. The molecule has 2 N–H and O–H groups in total. The minimum absolute atomic E-state index is 0.0489. The van der Waals surface area contributed by atoms with Crippen molar-refractivity contribution in [2.75, 3.05) is 0 Å². The van der Waals surface area contributed by atoms with Crippen LogP contribution in [0.2, 0.25) is 0 Å². The maximum atomic E-state index is 11.4. The first-order valence-electron chi connectivity index (χ1n) is 10.3. The van der Waals surface area contributed by atoms with Crippen molar-refractivity contribution < 1.29 is 19.8 Å². The molecule has 4 nitrogen and oxygen atoms in total. The molecule has 0 aliphatic heterocycles. The molecule has 0 fully saturated rings. The van der Waals surface area contributed by atoms with Crippen molar-refractivity contribution >= 4 is 11.9 Å². The van der Waals surface area contributed by atoms with Gasteiger partial charge in [-0.05, 0) is 18.3 Å². The molecule has 0 aliphatic rings. The van der Waals surface area contributed by atoms with E-state index in [-0.39, 0.29) is 18.3 Å². The number of hydrogen-bond acceptors (Lipinski definition) is 2. The van der Waals surface area contributed by atoms with Gasteiger partial charge in [0.2, 0.25) is 0 Å². The van der Waals surface area contributed by atoms with Crippen LogP contribution < -0.4 is 0 Å². The minimum atomic E-state index is -1.02. The number of carboxylic acid groups (broad SMARTS) is 2. The van der Waals surface area contributed by atoms with Crippen molar-refractivity contribution in [3.05, 3.63) is 0 Å². The molecule has 0 aromatic carbocycles. The van der Waals surface area contributed by atoms with E-state index in [1.165, 1.54) is 57.8 Å². The van der Waals surface area contributed by atoms with Crippen molar-refractivity contribution in [3.63, 3.8) is 0 Å². The molecule has 0 rings (SSSR count). The normalized spacial score (nSPS) is 13.8. The fourth-order valence-corrected chi connectivity index (χ4v) is 3.65. The average Bonchev–Trinajstić information content (AvgIpc) is 2.53. The second-order valence-corrected chi connectivity index (χ2v) is 7.77. The topological polar surface area (TPSA) is 74.6 Å². The summed E-state index contributed by atoms with van der Waals surface area (Å²) in [4.78, 5) is 22.4. The Kier molecular flexibility index (Phi) is 14.6. The van der Waals surface area contributed by atoms with Crippen molar-refractivity contribution in [2.45, 2.75) is 104 Å². The predicted molar refractivity (Wildman–Crippen MR) is 103 cm³/mol. The molecule has 2 unspecified atom stereocenters. The lowest BCUT2D eigenvalue weighted by Crippen LogP contribution is -2.29. The predicted octanol–water partition coefficient (Wildman–Crippen LogP) is 6.14. The summed E-state index contributed by atoms with van der Waals surface area (Å²) in [5.74, 6) is -2.60. The Bertz CT molecular complexity index is 352. The monoisotopic (exact) mass is 356 g/mol. The number of carbonyl (C=O) groups is 2. The van der Waals surface area contributed by atoms with Crippen molar-refractivity contribution in [1.82, 2.24) is 0 Å². The van der Waals surface area contributed by atoms with E-state index < -0.39 is 17.9 Å². The van der Waals surface area contributed by atoms with E-state index in [1.54, 1.807) is 0 Å². The maximum absolute atomic E-state index is 11.4. The average molecular weight is 357 g/mol. The molecular formula is C21H40O4. The summed E-state index contributed by atoms with van der Waals surface area (Å²) in [6, 6.07) is 0. The smallest absolute Gasteiger partial charge is 0.307 e. The van der Waals surface area contributed by atoms with Gasteiger partial charge in [0.25, 0.3) is 0 Å². The molecule has 0 spiro atoms. The summed E-state index contributed by atoms with van der Waals surface area (Å²) in [6.45, 7) is 6.24. The number of carboxylic acids is 2. The summed E-state index contributed by atoms with van der Waals surface area (Å²) in [6.07, 6.45) is 14.5. The summed E-state index contributed by atoms with van der Waals surface area (Å²) < 4.78 is 0. The first-order chi connectivity index (χ1) is 11.9. The maximum Gasteiger partial charge on any atom is 0.307 e. The van der Waals surface area contributed by atoms with Crippen molar-refractivity contribution in [3.8, 4) is 0 Å². The third kappa shape index (κ3) is 12.9. The molecule has 2 atom stereocenters. The Morgan fingerprint density at radius 2 is 1.20 bits per heavy atom. The summed E-state index contributed by atoms with van der Waals surface area (Å²) in [7, 11) is 0. The summed E-state index contributed by atoms with van der Waals surface area (Å²) in [5.41, 5.74) is 0. The molecule has 0 saturated carbocycles. The van der Waals surface area contributed by atoms with Gasteiger partial charge in [-0.15, -0.1) is 0 Å². The minimum Gasteiger partial charge on any atom is -0.481 e. The van der Waals surface area contributed by atoms with Gasteiger partial charge in [-0.1, -0.05) is 91.4 Å². The van der Waals surface area contributed by atoms with Crippen molar-refractivity contribution in [2.24, 2.45) is 17.8 Å². The SMILES string of the molecule is CCCCCCCCCCCCCC(C(C)C)C(CC(=O)O)C(=O)O. The second-order valence-electron chi connectivity index (χ2n) is 7.77. The highest BCUT2D eigenvalue weighted by Gasteiger charge is 2.31. The van der Waals surface area contributed by atoms with Gasteiger partial charge in [-0.3, -0.25) is 9.59 Å². The molecule has 148 valence electrons. The molecule has 0 aromatic heterocycles. The zero-order valence-electron chi connectivity index (χ0n) is 16.6. The molecule has 0 amide bonds. The first kappa shape index (κ1) is 23.9. The van der Waals surface area contributed by atoms with E-state index in [0.717, 1.165) is 19.3 Å².